The molecule has 1 aliphatic rings. The fourth-order valence-electron chi connectivity index (χ4n) is 2.34. The van der Waals surface area contributed by atoms with Crippen LogP contribution in [0.15, 0.2) is 35.0 Å². The van der Waals surface area contributed by atoms with Gasteiger partial charge in [0.1, 0.15) is 0 Å². The molecule has 3 atom stereocenters. The second-order valence-corrected chi connectivity index (χ2v) is 5.32. The van der Waals surface area contributed by atoms with Crippen molar-refractivity contribution in [2.24, 2.45) is 11.8 Å². The molecule has 0 radical (unpaired) electrons. The summed E-state index contributed by atoms with van der Waals surface area (Å²) in [6.07, 6.45) is 5.26. The molecule has 1 aromatic rings. The summed E-state index contributed by atoms with van der Waals surface area (Å²) in [5.41, 5.74) is 0.567. The Labute approximate surface area is 118 Å². The van der Waals surface area contributed by atoms with Gasteiger partial charge in [0.2, 0.25) is 0 Å². The van der Waals surface area contributed by atoms with Crippen LogP contribution in [-0.4, -0.2) is 27.1 Å². The number of carboxylic acid groups (broad SMARTS) is 2. The van der Waals surface area contributed by atoms with E-state index in [1.54, 1.807) is 30.5 Å². The van der Waals surface area contributed by atoms with Crippen molar-refractivity contribution in [1.82, 2.24) is 4.98 Å². The number of carbonyl (C=O) groups is 2. The topological polar surface area (TPSA) is 87.5 Å². The van der Waals surface area contributed by atoms with Crippen LogP contribution in [0.1, 0.15) is 18.0 Å². The molecule has 0 aromatic carbocycles. The summed E-state index contributed by atoms with van der Waals surface area (Å²) in [6, 6.07) is 3.47. The van der Waals surface area contributed by atoms with Gasteiger partial charge in [-0.15, -0.1) is 0 Å². The summed E-state index contributed by atoms with van der Waals surface area (Å²) in [5, 5.41) is 18.5. The van der Waals surface area contributed by atoms with Crippen molar-refractivity contribution in [3.63, 3.8) is 0 Å². The number of halogens is 1. The second-order valence-electron chi connectivity index (χ2n) is 4.40. The third kappa shape index (κ3) is 2.84. The van der Waals surface area contributed by atoms with Gasteiger partial charge in [-0.3, -0.25) is 14.6 Å². The van der Waals surface area contributed by atoms with Crippen molar-refractivity contribution < 1.29 is 19.8 Å². The summed E-state index contributed by atoms with van der Waals surface area (Å²) < 4.78 is 0.790. The minimum atomic E-state index is -1.11. The highest BCUT2D eigenvalue weighted by Gasteiger charge is 2.41. The van der Waals surface area contributed by atoms with E-state index in [4.69, 9.17) is 5.11 Å². The molecule has 0 bridgehead atoms. The largest absolute Gasteiger partial charge is 0.481 e. The highest BCUT2D eigenvalue weighted by molar-refractivity contribution is 9.10. The van der Waals surface area contributed by atoms with E-state index in [1.807, 2.05) is 0 Å². The van der Waals surface area contributed by atoms with Crippen molar-refractivity contribution >= 4 is 27.9 Å². The molecule has 0 aliphatic heterocycles. The van der Waals surface area contributed by atoms with Crippen LogP contribution in [0.3, 0.4) is 0 Å². The number of pyridine rings is 1. The van der Waals surface area contributed by atoms with Crippen molar-refractivity contribution in [2.75, 3.05) is 0 Å². The SMILES string of the molecule is O=C(O)C1CC=CC(c2ccc(Br)cn2)C1C(=O)O. The minimum Gasteiger partial charge on any atom is -0.481 e. The van der Waals surface area contributed by atoms with Gasteiger partial charge in [-0.25, -0.2) is 0 Å². The van der Waals surface area contributed by atoms with Crippen LogP contribution in [0.25, 0.3) is 0 Å². The van der Waals surface area contributed by atoms with Crippen molar-refractivity contribution in [3.8, 4) is 0 Å². The van der Waals surface area contributed by atoms with E-state index in [2.05, 4.69) is 20.9 Å². The predicted molar refractivity (Wildman–Crippen MR) is 70.7 cm³/mol. The number of nitrogens with zero attached hydrogens (tertiary/aromatic N) is 1. The Morgan fingerprint density at radius 2 is 2.00 bits per heavy atom. The zero-order valence-electron chi connectivity index (χ0n) is 9.86. The van der Waals surface area contributed by atoms with Crippen LogP contribution in [0.2, 0.25) is 0 Å². The Kier molecular flexibility index (Phi) is 3.99. The fraction of sp³-hybridized carbons (Fsp3) is 0.308. The number of rotatable bonds is 3. The number of aromatic nitrogens is 1. The van der Waals surface area contributed by atoms with Gasteiger partial charge in [0.15, 0.2) is 0 Å². The van der Waals surface area contributed by atoms with Crippen LogP contribution in [0.5, 0.6) is 0 Å². The first kappa shape index (κ1) is 13.7. The molecule has 3 unspecified atom stereocenters. The van der Waals surface area contributed by atoms with Gasteiger partial charge >= 0.3 is 11.9 Å². The van der Waals surface area contributed by atoms with E-state index in [1.165, 1.54) is 0 Å². The van der Waals surface area contributed by atoms with Crippen molar-refractivity contribution in [2.45, 2.75) is 12.3 Å². The Morgan fingerprint density at radius 1 is 1.26 bits per heavy atom. The molecule has 0 saturated heterocycles. The first-order chi connectivity index (χ1) is 9.00. The first-order valence-electron chi connectivity index (χ1n) is 5.74. The highest BCUT2D eigenvalue weighted by atomic mass is 79.9. The molecule has 2 rings (SSSR count). The quantitative estimate of drug-likeness (QED) is 0.832. The van der Waals surface area contributed by atoms with E-state index in [-0.39, 0.29) is 6.42 Å². The molecule has 0 amide bonds. The van der Waals surface area contributed by atoms with Gasteiger partial charge in [-0.2, -0.15) is 0 Å². The predicted octanol–water partition coefficient (Wildman–Crippen LogP) is 2.29. The van der Waals surface area contributed by atoms with Gasteiger partial charge in [-0.05, 0) is 34.5 Å². The van der Waals surface area contributed by atoms with E-state index < -0.39 is 29.7 Å². The molecular formula is C13H12BrNO4. The number of carboxylic acids is 2. The smallest absolute Gasteiger partial charge is 0.308 e. The molecule has 1 heterocycles. The van der Waals surface area contributed by atoms with Crippen LogP contribution in [0, 0.1) is 11.8 Å². The normalized spacial score (nSPS) is 26.1. The van der Waals surface area contributed by atoms with Gasteiger partial charge in [-0.1, -0.05) is 12.2 Å². The molecular weight excluding hydrogens is 314 g/mol. The van der Waals surface area contributed by atoms with Crippen molar-refractivity contribution in [3.05, 3.63) is 40.6 Å². The van der Waals surface area contributed by atoms with Gasteiger partial charge in [0, 0.05) is 22.3 Å². The molecule has 0 fully saturated rings. The first-order valence-corrected chi connectivity index (χ1v) is 6.53. The molecule has 1 aromatic heterocycles. The van der Waals surface area contributed by atoms with Crippen molar-refractivity contribution in [1.29, 1.82) is 0 Å². The minimum absolute atomic E-state index is 0.235. The highest BCUT2D eigenvalue weighted by Crippen LogP contribution is 2.37. The van der Waals surface area contributed by atoms with Crippen LogP contribution >= 0.6 is 15.9 Å². The Morgan fingerprint density at radius 3 is 2.53 bits per heavy atom. The maximum atomic E-state index is 11.4. The third-order valence-corrected chi connectivity index (χ3v) is 3.72. The molecule has 2 N–H and O–H groups in total. The summed E-state index contributed by atoms with van der Waals surface area (Å²) in [4.78, 5) is 26.7. The third-order valence-electron chi connectivity index (χ3n) is 3.25. The molecule has 1 aliphatic carbocycles. The summed E-state index contributed by atoms with van der Waals surface area (Å²) >= 11 is 3.26. The summed E-state index contributed by atoms with van der Waals surface area (Å²) in [6.45, 7) is 0. The lowest BCUT2D eigenvalue weighted by Gasteiger charge is -2.29. The number of hydrogen-bond donors (Lipinski definition) is 2. The summed E-state index contributed by atoms with van der Waals surface area (Å²) in [5.74, 6) is -4.61. The maximum Gasteiger partial charge on any atom is 0.308 e. The van der Waals surface area contributed by atoms with E-state index >= 15 is 0 Å². The lowest BCUT2D eigenvalue weighted by atomic mass is 9.74. The number of hydrogen-bond acceptors (Lipinski definition) is 3. The van der Waals surface area contributed by atoms with E-state index in [9.17, 15) is 14.7 Å². The fourth-order valence-corrected chi connectivity index (χ4v) is 2.57. The maximum absolute atomic E-state index is 11.4. The lowest BCUT2D eigenvalue weighted by molar-refractivity contribution is -0.154. The summed E-state index contributed by atoms with van der Waals surface area (Å²) in [7, 11) is 0. The molecule has 0 spiro atoms. The van der Waals surface area contributed by atoms with Crippen LogP contribution in [0.4, 0.5) is 0 Å². The van der Waals surface area contributed by atoms with E-state index in [0.717, 1.165) is 4.47 Å². The van der Waals surface area contributed by atoms with Gasteiger partial charge in [0.05, 0.1) is 11.8 Å². The number of aliphatic carboxylic acids is 2. The van der Waals surface area contributed by atoms with E-state index in [0.29, 0.717) is 5.69 Å². The average molecular weight is 326 g/mol. The Bertz CT molecular complexity index is 526. The average Bonchev–Trinajstić information content (AvgIpc) is 2.38. The molecule has 100 valence electrons. The number of allylic oxidation sites excluding steroid dienone is 2. The molecule has 6 heteroatoms. The monoisotopic (exact) mass is 325 g/mol. The van der Waals surface area contributed by atoms with Crippen LogP contribution in [-0.2, 0) is 9.59 Å². The zero-order valence-corrected chi connectivity index (χ0v) is 11.4. The van der Waals surface area contributed by atoms with Crippen LogP contribution < -0.4 is 0 Å². The lowest BCUT2D eigenvalue weighted by Crippen LogP contribution is -2.36. The van der Waals surface area contributed by atoms with Gasteiger partial charge < -0.3 is 10.2 Å². The molecule has 19 heavy (non-hydrogen) atoms. The Balaban J connectivity index is 2.39. The van der Waals surface area contributed by atoms with Gasteiger partial charge in [0.25, 0.3) is 0 Å². The molecule has 0 saturated carbocycles. The standard InChI is InChI=1S/C13H12BrNO4/c14-7-4-5-10(15-6-7)8-2-1-3-9(12(16)17)11(8)13(18)19/h1-2,4-6,8-9,11H,3H2,(H,16,17)(H,18,19). The second kappa shape index (κ2) is 5.52. The molecule has 5 nitrogen and oxygen atoms in total. The Hall–Kier alpha value is -1.69. The zero-order chi connectivity index (χ0) is 14.0.